The Labute approximate surface area is 177 Å². The van der Waals surface area contributed by atoms with Crippen LogP contribution in [0.2, 0.25) is 0 Å². The van der Waals surface area contributed by atoms with Crippen molar-refractivity contribution in [2.24, 2.45) is 5.92 Å². The molecule has 0 bridgehead atoms. The maximum absolute atomic E-state index is 14.1. The highest BCUT2D eigenvalue weighted by atomic mass is 32.2. The molecule has 0 saturated heterocycles. The molecular weight excluding hydrogens is 403 g/mol. The third-order valence-electron chi connectivity index (χ3n) is 6.19. The summed E-state index contributed by atoms with van der Waals surface area (Å²) in [4.78, 5) is 15.2. The van der Waals surface area contributed by atoms with Crippen molar-refractivity contribution in [1.29, 1.82) is 0 Å². The molecule has 1 amide bonds. The second-order valence-corrected chi connectivity index (χ2v) is 9.88. The fourth-order valence-electron chi connectivity index (χ4n) is 4.46. The molecule has 1 aliphatic heterocycles. The number of sulfonamides is 1. The van der Waals surface area contributed by atoms with E-state index in [1.807, 2.05) is 13.8 Å². The van der Waals surface area contributed by atoms with Gasteiger partial charge in [0.2, 0.25) is 15.9 Å². The fourth-order valence-corrected chi connectivity index (χ4v) is 5.97. The monoisotopic (exact) mass is 430 g/mol. The Balaban J connectivity index is 1.58. The first kappa shape index (κ1) is 21.0. The topological polar surface area (TPSA) is 57.7 Å². The number of amides is 1. The van der Waals surface area contributed by atoms with Gasteiger partial charge >= 0.3 is 0 Å². The van der Waals surface area contributed by atoms with E-state index in [2.05, 4.69) is 0 Å². The fraction of sp³-hybridized carbons (Fsp3) is 0.435. The quantitative estimate of drug-likeness (QED) is 0.698. The number of benzene rings is 2. The summed E-state index contributed by atoms with van der Waals surface area (Å²) in [7, 11) is -3.54. The zero-order valence-corrected chi connectivity index (χ0v) is 18.2. The van der Waals surface area contributed by atoms with E-state index in [9.17, 15) is 17.6 Å². The lowest BCUT2D eigenvalue weighted by atomic mass is 10.0. The van der Waals surface area contributed by atoms with Crippen molar-refractivity contribution in [3.8, 4) is 0 Å². The molecule has 1 fully saturated rings. The predicted octanol–water partition coefficient (Wildman–Crippen LogP) is 3.94. The lowest BCUT2D eigenvalue weighted by Crippen LogP contribution is -2.37. The van der Waals surface area contributed by atoms with Crippen LogP contribution in [0.5, 0.6) is 0 Å². The van der Waals surface area contributed by atoms with Gasteiger partial charge in [-0.1, -0.05) is 32.0 Å². The lowest BCUT2D eigenvalue weighted by Gasteiger charge is -2.30. The first-order valence-corrected chi connectivity index (χ1v) is 12.0. The Morgan fingerprint density at radius 1 is 1.17 bits per heavy atom. The van der Waals surface area contributed by atoms with Gasteiger partial charge in [-0.15, -0.1) is 0 Å². The van der Waals surface area contributed by atoms with Gasteiger partial charge in [-0.05, 0) is 60.6 Å². The van der Waals surface area contributed by atoms with Gasteiger partial charge in [0, 0.05) is 31.2 Å². The molecule has 2 aromatic rings. The van der Waals surface area contributed by atoms with E-state index in [-0.39, 0.29) is 28.5 Å². The van der Waals surface area contributed by atoms with Crippen LogP contribution >= 0.6 is 0 Å². The summed E-state index contributed by atoms with van der Waals surface area (Å²) >= 11 is 0. The molecule has 1 heterocycles. The number of fused-ring (bicyclic) bond motifs is 1. The molecule has 0 N–H and O–H groups in total. The highest BCUT2D eigenvalue weighted by molar-refractivity contribution is 7.89. The molecule has 2 unspecified atom stereocenters. The van der Waals surface area contributed by atoms with Gasteiger partial charge in [-0.3, -0.25) is 4.79 Å². The molecule has 0 spiro atoms. The Hall–Kier alpha value is -2.25. The summed E-state index contributed by atoms with van der Waals surface area (Å²) in [6.45, 7) is 5.08. The van der Waals surface area contributed by atoms with Gasteiger partial charge in [0.1, 0.15) is 5.82 Å². The summed E-state index contributed by atoms with van der Waals surface area (Å²) in [6.07, 6.45) is 2.17. The number of nitrogens with zero attached hydrogens (tertiary/aromatic N) is 2. The van der Waals surface area contributed by atoms with E-state index in [0.29, 0.717) is 31.6 Å². The van der Waals surface area contributed by atoms with E-state index in [0.717, 1.165) is 24.1 Å². The number of carbonyl (C=O) groups excluding carboxylic acids is 1. The number of anilines is 1. The second-order valence-electron chi connectivity index (χ2n) is 7.94. The smallest absolute Gasteiger partial charge is 0.243 e. The Bertz CT molecular complexity index is 1070. The van der Waals surface area contributed by atoms with E-state index in [4.69, 9.17) is 0 Å². The summed E-state index contributed by atoms with van der Waals surface area (Å²) in [6, 6.07) is 11.7. The van der Waals surface area contributed by atoms with Crippen LogP contribution in [0.1, 0.15) is 43.7 Å². The summed E-state index contributed by atoms with van der Waals surface area (Å²) < 4.78 is 41.2. The van der Waals surface area contributed by atoms with Gasteiger partial charge in [-0.2, -0.15) is 4.31 Å². The summed E-state index contributed by atoms with van der Waals surface area (Å²) in [5.74, 6) is -0.551. The second kappa shape index (κ2) is 8.12. The molecule has 160 valence electrons. The standard InChI is InChI=1S/C23H27FN2O3S/c1-3-25(4-2)30(28,29)17-11-12-22-16(14-17)8-7-13-26(22)23(27)20-15-19(20)18-9-5-6-10-21(18)24/h5-6,9-12,14,19-20H,3-4,7-8,13,15H2,1-2H3. The molecule has 2 aliphatic rings. The molecule has 30 heavy (non-hydrogen) atoms. The number of hydrogen-bond acceptors (Lipinski definition) is 3. The molecule has 0 radical (unpaired) electrons. The van der Waals surface area contributed by atoms with Crippen molar-refractivity contribution in [3.63, 3.8) is 0 Å². The predicted molar refractivity (Wildman–Crippen MR) is 114 cm³/mol. The van der Waals surface area contributed by atoms with Crippen LogP contribution in [0, 0.1) is 11.7 Å². The van der Waals surface area contributed by atoms with E-state index in [1.54, 1.807) is 41.3 Å². The SMILES string of the molecule is CCN(CC)S(=O)(=O)c1ccc2c(c1)CCCN2C(=O)C1CC1c1ccccc1F. The van der Waals surface area contributed by atoms with Crippen molar-refractivity contribution in [2.75, 3.05) is 24.5 Å². The summed E-state index contributed by atoms with van der Waals surface area (Å²) in [5, 5.41) is 0. The largest absolute Gasteiger partial charge is 0.312 e. The van der Waals surface area contributed by atoms with E-state index < -0.39 is 10.0 Å². The maximum Gasteiger partial charge on any atom is 0.243 e. The maximum atomic E-state index is 14.1. The van der Waals surface area contributed by atoms with Gasteiger partial charge < -0.3 is 4.90 Å². The minimum absolute atomic E-state index is 0.00329. The van der Waals surface area contributed by atoms with E-state index in [1.165, 1.54) is 10.4 Å². The summed E-state index contributed by atoms with van der Waals surface area (Å²) in [5.41, 5.74) is 2.27. The average molecular weight is 431 g/mol. The number of halogens is 1. The van der Waals surface area contributed by atoms with Crippen LogP contribution < -0.4 is 4.90 Å². The molecule has 1 aliphatic carbocycles. The molecule has 1 saturated carbocycles. The van der Waals surface area contributed by atoms with Crippen molar-refractivity contribution in [1.82, 2.24) is 4.31 Å². The molecular formula is C23H27FN2O3S. The molecule has 5 nitrogen and oxygen atoms in total. The Morgan fingerprint density at radius 2 is 1.90 bits per heavy atom. The van der Waals surface area contributed by atoms with Crippen molar-refractivity contribution in [2.45, 2.75) is 43.9 Å². The van der Waals surface area contributed by atoms with Crippen LogP contribution in [-0.2, 0) is 21.2 Å². The van der Waals surface area contributed by atoms with Crippen LogP contribution in [0.25, 0.3) is 0 Å². The van der Waals surface area contributed by atoms with Crippen LogP contribution in [0.3, 0.4) is 0 Å². The van der Waals surface area contributed by atoms with Gasteiger partial charge in [0.25, 0.3) is 0 Å². The lowest BCUT2D eigenvalue weighted by molar-refractivity contribution is -0.120. The third kappa shape index (κ3) is 3.65. The first-order valence-electron chi connectivity index (χ1n) is 10.6. The number of aryl methyl sites for hydroxylation is 1. The highest BCUT2D eigenvalue weighted by Crippen LogP contribution is 2.50. The Morgan fingerprint density at radius 3 is 2.60 bits per heavy atom. The van der Waals surface area contributed by atoms with Crippen LogP contribution in [-0.4, -0.2) is 38.3 Å². The molecule has 2 aromatic carbocycles. The van der Waals surface area contributed by atoms with Gasteiger partial charge in [0.15, 0.2) is 0 Å². The normalized spacial score (nSPS) is 20.9. The number of carbonyl (C=O) groups is 1. The minimum atomic E-state index is -3.54. The number of rotatable bonds is 6. The first-order chi connectivity index (χ1) is 14.4. The average Bonchev–Trinajstić information content (AvgIpc) is 3.54. The molecule has 7 heteroatoms. The van der Waals surface area contributed by atoms with E-state index >= 15 is 0 Å². The molecule has 4 rings (SSSR count). The highest BCUT2D eigenvalue weighted by Gasteiger charge is 2.47. The van der Waals surface area contributed by atoms with Crippen molar-refractivity contribution >= 4 is 21.6 Å². The van der Waals surface area contributed by atoms with Gasteiger partial charge in [0.05, 0.1) is 4.90 Å². The zero-order valence-electron chi connectivity index (χ0n) is 17.3. The van der Waals surface area contributed by atoms with Crippen LogP contribution in [0.4, 0.5) is 10.1 Å². The van der Waals surface area contributed by atoms with Crippen molar-refractivity contribution in [3.05, 3.63) is 59.4 Å². The van der Waals surface area contributed by atoms with Crippen molar-refractivity contribution < 1.29 is 17.6 Å². The molecule has 0 aromatic heterocycles. The third-order valence-corrected chi connectivity index (χ3v) is 8.24. The van der Waals surface area contributed by atoms with Gasteiger partial charge in [-0.25, -0.2) is 12.8 Å². The molecule has 2 atom stereocenters. The zero-order chi connectivity index (χ0) is 21.5. The number of hydrogen-bond donors (Lipinski definition) is 0. The minimum Gasteiger partial charge on any atom is -0.312 e. The Kier molecular flexibility index (Phi) is 5.68. The van der Waals surface area contributed by atoms with Crippen LogP contribution in [0.15, 0.2) is 47.4 Å².